The van der Waals surface area contributed by atoms with Crippen LogP contribution in [0.4, 0.5) is 5.69 Å². The fourth-order valence-corrected chi connectivity index (χ4v) is 4.55. The molecule has 1 atom stereocenters. The molecular formula is C16H25N5O. The van der Waals surface area contributed by atoms with Gasteiger partial charge in [0.1, 0.15) is 11.4 Å². The van der Waals surface area contributed by atoms with Crippen LogP contribution in [0.1, 0.15) is 37.8 Å². The van der Waals surface area contributed by atoms with Gasteiger partial charge in [-0.2, -0.15) is 5.10 Å². The van der Waals surface area contributed by atoms with E-state index in [0.29, 0.717) is 6.54 Å². The van der Waals surface area contributed by atoms with E-state index in [1.54, 1.807) is 0 Å². The predicted octanol–water partition coefficient (Wildman–Crippen LogP) is 1.18. The molecule has 6 heteroatoms. The molecule has 2 N–H and O–H groups in total. The highest BCUT2D eigenvalue weighted by Crippen LogP contribution is 2.49. The number of nitrogens with zero attached hydrogens (tertiary/aromatic N) is 4. The number of rotatable bonds is 2. The Kier molecular flexibility index (Phi) is 3.27. The lowest BCUT2D eigenvalue weighted by atomic mass is 9.66. The summed E-state index contributed by atoms with van der Waals surface area (Å²) in [6.45, 7) is 3.25. The topological polar surface area (TPSA) is 65.7 Å². The summed E-state index contributed by atoms with van der Waals surface area (Å²) in [7, 11) is 1.92. The van der Waals surface area contributed by atoms with E-state index >= 15 is 0 Å². The lowest BCUT2D eigenvalue weighted by molar-refractivity contribution is -0.113. The van der Waals surface area contributed by atoms with E-state index in [9.17, 15) is 5.11 Å². The van der Waals surface area contributed by atoms with Gasteiger partial charge < -0.3 is 15.3 Å². The molecule has 3 aliphatic rings. The first kappa shape index (κ1) is 14.2. The van der Waals surface area contributed by atoms with Crippen LogP contribution in [-0.4, -0.2) is 51.4 Å². The smallest absolute Gasteiger partial charge is 0.108 e. The minimum absolute atomic E-state index is 0.0451. The molecule has 0 bridgehead atoms. The number of hydrogen-bond donors (Lipinski definition) is 2. The molecule has 2 fully saturated rings. The van der Waals surface area contributed by atoms with Crippen LogP contribution in [-0.2, 0) is 13.6 Å². The van der Waals surface area contributed by atoms with Crippen LogP contribution in [0.3, 0.4) is 0 Å². The number of β-amino-alcohol motifs (C(OH)–C–C–N with tert-alkyl or cyclic N) is 1. The summed E-state index contributed by atoms with van der Waals surface area (Å²) in [5.74, 6) is 0. The normalized spacial score (nSPS) is 30.0. The highest BCUT2D eigenvalue weighted by Gasteiger charge is 2.53. The second kappa shape index (κ2) is 5.06. The molecule has 3 heterocycles. The molecule has 0 aromatic carbocycles. The Hall–Kier alpha value is -1.40. The molecule has 1 aliphatic carbocycles. The molecule has 0 amide bonds. The van der Waals surface area contributed by atoms with Crippen molar-refractivity contribution < 1.29 is 5.11 Å². The van der Waals surface area contributed by atoms with E-state index in [0.717, 1.165) is 50.3 Å². The van der Waals surface area contributed by atoms with E-state index in [2.05, 4.69) is 20.3 Å². The first-order chi connectivity index (χ1) is 10.6. The predicted molar refractivity (Wildman–Crippen MR) is 85.1 cm³/mol. The Balaban J connectivity index is 1.54. The van der Waals surface area contributed by atoms with Crippen molar-refractivity contribution in [2.24, 2.45) is 17.5 Å². The maximum atomic E-state index is 11.5. The minimum Gasteiger partial charge on any atom is -0.387 e. The summed E-state index contributed by atoms with van der Waals surface area (Å²) in [5, 5.41) is 19.4. The quantitative estimate of drug-likeness (QED) is 0.861. The summed E-state index contributed by atoms with van der Waals surface area (Å²) >= 11 is 0. The molecule has 1 spiro atoms. The van der Waals surface area contributed by atoms with Gasteiger partial charge in [0.2, 0.25) is 0 Å². The number of aryl methyl sites for hydroxylation is 1. The number of aromatic nitrogens is 2. The Labute approximate surface area is 131 Å². The van der Waals surface area contributed by atoms with Crippen molar-refractivity contribution >= 4 is 12.0 Å². The van der Waals surface area contributed by atoms with E-state index in [-0.39, 0.29) is 5.41 Å². The van der Waals surface area contributed by atoms with Crippen LogP contribution < -0.4 is 5.32 Å². The van der Waals surface area contributed by atoms with Gasteiger partial charge in [-0.25, -0.2) is 4.99 Å². The third-order valence-corrected chi connectivity index (χ3v) is 5.79. The molecule has 22 heavy (non-hydrogen) atoms. The zero-order valence-corrected chi connectivity index (χ0v) is 13.3. The minimum atomic E-state index is -0.618. The largest absolute Gasteiger partial charge is 0.387 e. The second-order valence-corrected chi connectivity index (χ2v) is 7.23. The highest BCUT2D eigenvalue weighted by molar-refractivity contribution is 5.65. The molecule has 6 nitrogen and oxygen atoms in total. The standard InChI is InChI=1S/C16H25N5O/c1-20-8-13-14(19-20)9-21(12-18-13)11-16(22)6-7-17-10-15(16)4-2-3-5-15/h8,12,17,22H,2-7,9-11H2,1H3. The van der Waals surface area contributed by atoms with Crippen molar-refractivity contribution in [1.29, 1.82) is 0 Å². The fraction of sp³-hybridized carbons (Fsp3) is 0.750. The van der Waals surface area contributed by atoms with E-state index in [1.807, 2.05) is 24.3 Å². The third-order valence-electron chi connectivity index (χ3n) is 5.79. The monoisotopic (exact) mass is 303 g/mol. The Morgan fingerprint density at radius 3 is 2.95 bits per heavy atom. The fourth-order valence-electron chi connectivity index (χ4n) is 4.55. The third kappa shape index (κ3) is 2.16. The van der Waals surface area contributed by atoms with Gasteiger partial charge in [-0.3, -0.25) is 4.68 Å². The number of nitrogens with one attached hydrogen (secondary N) is 1. The van der Waals surface area contributed by atoms with Crippen LogP contribution in [0.25, 0.3) is 0 Å². The Bertz CT molecular complexity index is 589. The molecule has 0 radical (unpaired) electrons. The van der Waals surface area contributed by atoms with Crippen LogP contribution in [0.15, 0.2) is 11.2 Å². The van der Waals surface area contributed by atoms with E-state index in [4.69, 9.17) is 0 Å². The average Bonchev–Trinajstić information content (AvgIpc) is 3.09. The van der Waals surface area contributed by atoms with E-state index in [1.165, 1.54) is 12.8 Å². The lowest BCUT2D eigenvalue weighted by Crippen LogP contribution is -2.62. The zero-order valence-electron chi connectivity index (χ0n) is 13.3. The summed E-state index contributed by atoms with van der Waals surface area (Å²) in [6.07, 6.45) is 9.40. The molecule has 120 valence electrons. The maximum Gasteiger partial charge on any atom is 0.108 e. The Morgan fingerprint density at radius 1 is 1.32 bits per heavy atom. The summed E-state index contributed by atoms with van der Waals surface area (Å²) in [5.41, 5.74) is 1.38. The molecule has 1 saturated heterocycles. The second-order valence-electron chi connectivity index (χ2n) is 7.23. The maximum absolute atomic E-state index is 11.5. The van der Waals surface area contributed by atoms with Gasteiger partial charge in [0.25, 0.3) is 0 Å². The van der Waals surface area contributed by atoms with Gasteiger partial charge in [0.15, 0.2) is 0 Å². The molecule has 1 unspecified atom stereocenters. The number of hydrogen-bond acceptors (Lipinski definition) is 5. The van der Waals surface area contributed by atoms with Crippen molar-refractivity contribution in [3.8, 4) is 0 Å². The van der Waals surface area contributed by atoms with Crippen molar-refractivity contribution in [3.63, 3.8) is 0 Å². The van der Waals surface area contributed by atoms with Crippen LogP contribution in [0.5, 0.6) is 0 Å². The first-order valence-electron chi connectivity index (χ1n) is 8.34. The number of aliphatic hydroxyl groups is 1. The number of fused-ring (bicyclic) bond motifs is 1. The summed E-state index contributed by atoms with van der Waals surface area (Å²) < 4.78 is 1.81. The van der Waals surface area contributed by atoms with Crippen molar-refractivity contribution in [1.82, 2.24) is 20.0 Å². The molecule has 1 aromatic rings. The summed E-state index contributed by atoms with van der Waals surface area (Å²) in [6, 6.07) is 0. The van der Waals surface area contributed by atoms with Crippen molar-refractivity contribution in [3.05, 3.63) is 11.9 Å². The van der Waals surface area contributed by atoms with Crippen LogP contribution in [0, 0.1) is 5.41 Å². The molecule has 1 aromatic heterocycles. The lowest BCUT2D eigenvalue weighted by Gasteiger charge is -2.50. The SMILES string of the molecule is Cn1cc2c(n1)CN(CC1(O)CCNCC13CCCC3)C=N2. The van der Waals surface area contributed by atoms with Crippen molar-refractivity contribution in [2.75, 3.05) is 19.6 Å². The average molecular weight is 303 g/mol. The summed E-state index contributed by atoms with van der Waals surface area (Å²) in [4.78, 5) is 6.64. The van der Waals surface area contributed by atoms with Gasteiger partial charge in [-0.1, -0.05) is 12.8 Å². The highest BCUT2D eigenvalue weighted by atomic mass is 16.3. The van der Waals surface area contributed by atoms with Gasteiger partial charge in [0, 0.05) is 25.6 Å². The van der Waals surface area contributed by atoms with Gasteiger partial charge in [-0.15, -0.1) is 0 Å². The van der Waals surface area contributed by atoms with Crippen molar-refractivity contribution in [2.45, 2.75) is 44.2 Å². The van der Waals surface area contributed by atoms with E-state index < -0.39 is 5.60 Å². The Morgan fingerprint density at radius 2 is 2.14 bits per heavy atom. The molecular weight excluding hydrogens is 278 g/mol. The van der Waals surface area contributed by atoms with Gasteiger partial charge in [-0.05, 0) is 25.8 Å². The molecule has 4 rings (SSSR count). The first-order valence-corrected chi connectivity index (χ1v) is 8.34. The van der Waals surface area contributed by atoms with Crippen LogP contribution in [0.2, 0.25) is 0 Å². The molecule has 1 saturated carbocycles. The number of piperidine rings is 1. The number of aliphatic imine (C=N–C) groups is 1. The zero-order chi connectivity index (χ0) is 15.2. The van der Waals surface area contributed by atoms with Gasteiger partial charge >= 0.3 is 0 Å². The van der Waals surface area contributed by atoms with Crippen LogP contribution >= 0.6 is 0 Å². The van der Waals surface area contributed by atoms with Gasteiger partial charge in [0.05, 0.1) is 24.7 Å². The molecule has 2 aliphatic heterocycles.